The van der Waals surface area contributed by atoms with Gasteiger partial charge >= 0.3 is 0 Å². The smallest absolute Gasteiger partial charge is 0.0556 e. The Morgan fingerprint density at radius 1 is 1.28 bits per heavy atom. The van der Waals surface area contributed by atoms with E-state index in [-0.39, 0.29) is 0 Å². The second kappa shape index (κ2) is 8.30. The Labute approximate surface area is 112 Å². The van der Waals surface area contributed by atoms with Crippen LogP contribution in [0.25, 0.3) is 0 Å². The summed E-state index contributed by atoms with van der Waals surface area (Å²) in [5.74, 6) is 0.710. The molecule has 0 aliphatic rings. The predicted molar refractivity (Wildman–Crippen MR) is 77.6 cm³/mol. The van der Waals surface area contributed by atoms with E-state index in [9.17, 15) is 0 Å². The van der Waals surface area contributed by atoms with Crippen molar-refractivity contribution in [2.24, 2.45) is 5.92 Å². The maximum absolute atomic E-state index is 4.45. The van der Waals surface area contributed by atoms with E-state index in [4.69, 9.17) is 0 Å². The number of nitrogens with one attached hydrogen (secondary N) is 1. The van der Waals surface area contributed by atoms with Gasteiger partial charge in [-0.15, -0.1) is 0 Å². The topological polar surface area (TPSA) is 29.9 Å². The molecular formula is C15H29N3. The Bertz CT molecular complexity index is 319. The minimum atomic E-state index is 0.440. The van der Waals surface area contributed by atoms with Crippen LogP contribution in [0.5, 0.6) is 0 Å². The zero-order chi connectivity index (χ0) is 13.4. The zero-order valence-electron chi connectivity index (χ0n) is 12.4. The van der Waals surface area contributed by atoms with Crippen LogP contribution in [0, 0.1) is 5.92 Å². The van der Waals surface area contributed by atoms with Crippen molar-refractivity contribution in [2.75, 3.05) is 7.05 Å². The van der Waals surface area contributed by atoms with Crippen LogP contribution >= 0.6 is 0 Å². The number of hydrogen-bond donors (Lipinski definition) is 1. The van der Waals surface area contributed by atoms with Gasteiger partial charge in [-0.25, -0.2) is 0 Å². The molecule has 0 fully saturated rings. The molecule has 0 aliphatic carbocycles. The van der Waals surface area contributed by atoms with Crippen LogP contribution < -0.4 is 5.32 Å². The van der Waals surface area contributed by atoms with Crippen LogP contribution in [0.3, 0.4) is 0 Å². The summed E-state index contributed by atoms with van der Waals surface area (Å²) in [5, 5.41) is 7.95. The molecule has 0 bridgehead atoms. The third kappa shape index (κ3) is 3.84. The maximum Gasteiger partial charge on any atom is 0.0556 e. The summed E-state index contributed by atoms with van der Waals surface area (Å²) in [4.78, 5) is 0. The molecule has 0 amide bonds. The zero-order valence-corrected chi connectivity index (χ0v) is 12.4. The summed E-state index contributed by atoms with van der Waals surface area (Å²) in [6.07, 6.45) is 8.19. The molecule has 0 aliphatic heterocycles. The van der Waals surface area contributed by atoms with E-state index in [0.717, 1.165) is 13.0 Å². The minimum absolute atomic E-state index is 0.440. The SMILES string of the molecule is CCCCC(CC)C(NC)c1ccnn1CCC. The fraction of sp³-hybridized carbons (Fsp3) is 0.800. The van der Waals surface area contributed by atoms with E-state index in [0.29, 0.717) is 12.0 Å². The second-order valence-corrected chi connectivity index (χ2v) is 5.06. The fourth-order valence-corrected chi connectivity index (χ4v) is 2.70. The van der Waals surface area contributed by atoms with Crippen molar-refractivity contribution in [3.8, 4) is 0 Å². The largest absolute Gasteiger partial charge is 0.311 e. The fourth-order valence-electron chi connectivity index (χ4n) is 2.70. The van der Waals surface area contributed by atoms with Crippen molar-refractivity contribution in [2.45, 2.75) is 65.5 Å². The van der Waals surface area contributed by atoms with Gasteiger partial charge in [-0.3, -0.25) is 4.68 Å². The molecule has 3 nitrogen and oxygen atoms in total. The Balaban J connectivity index is 2.81. The molecule has 2 unspecified atom stereocenters. The summed E-state index contributed by atoms with van der Waals surface area (Å²) in [7, 11) is 2.07. The molecule has 0 spiro atoms. The van der Waals surface area contributed by atoms with E-state index in [2.05, 4.69) is 49.0 Å². The quantitative estimate of drug-likeness (QED) is 0.724. The molecular weight excluding hydrogens is 222 g/mol. The predicted octanol–water partition coefficient (Wildman–Crippen LogP) is 3.77. The summed E-state index contributed by atoms with van der Waals surface area (Å²) >= 11 is 0. The molecule has 0 aromatic carbocycles. The number of aromatic nitrogens is 2. The molecule has 1 rings (SSSR count). The van der Waals surface area contributed by atoms with Crippen LogP contribution in [0.4, 0.5) is 0 Å². The second-order valence-electron chi connectivity index (χ2n) is 5.06. The molecule has 3 heteroatoms. The molecule has 2 atom stereocenters. The van der Waals surface area contributed by atoms with Gasteiger partial charge in [0.15, 0.2) is 0 Å². The highest BCUT2D eigenvalue weighted by Crippen LogP contribution is 2.28. The Hall–Kier alpha value is -0.830. The Morgan fingerprint density at radius 2 is 2.06 bits per heavy atom. The van der Waals surface area contributed by atoms with Gasteiger partial charge in [-0.2, -0.15) is 5.10 Å². The molecule has 1 heterocycles. The maximum atomic E-state index is 4.45. The van der Waals surface area contributed by atoms with E-state index in [1.54, 1.807) is 0 Å². The number of aryl methyl sites for hydroxylation is 1. The third-order valence-electron chi connectivity index (χ3n) is 3.74. The van der Waals surface area contributed by atoms with Gasteiger partial charge in [-0.05, 0) is 31.9 Å². The molecule has 1 N–H and O–H groups in total. The van der Waals surface area contributed by atoms with Gasteiger partial charge in [0.25, 0.3) is 0 Å². The van der Waals surface area contributed by atoms with Crippen LogP contribution in [0.1, 0.15) is 64.6 Å². The van der Waals surface area contributed by atoms with Crippen molar-refractivity contribution in [1.82, 2.24) is 15.1 Å². The van der Waals surface area contributed by atoms with Crippen LogP contribution in [0.15, 0.2) is 12.3 Å². The third-order valence-corrected chi connectivity index (χ3v) is 3.74. The summed E-state index contributed by atoms with van der Waals surface area (Å²) in [6, 6.07) is 2.61. The van der Waals surface area contributed by atoms with Crippen molar-refractivity contribution in [1.29, 1.82) is 0 Å². The van der Waals surface area contributed by atoms with Crippen molar-refractivity contribution >= 4 is 0 Å². The molecule has 104 valence electrons. The van der Waals surface area contributed by atoms with Gasteiger partial charge in [0.05, 0.1) is 11.7 Å². The average Bonchev–Trinajstić information content (AvgIpc) is 2.83. The molecule has 0 radical (unpaired) electrons. The minimum Gasteiger partial charge on any atom is -0.311 e. The Kier molecular flexibility index (Phi) is 7.02. The summed E-state index contributed by atoms with van der Waals surface area (Å²) in [6.45, 7) is 7.78. The molecule has 1 aromatic heterocycles. The summed E-state index contributed by atoms with van der Waals surface area (Å²) in [5.41, 5.74) is 1.35. The average molecular weight is 251 g/mol. The van der Waals surface area contributed by atoms with E-state index < -0.39 is 0 Å². The number of rotatable bonds is 9. The first kappa shape index (κ1) is 15.2. The lowest BCUT2D eigenvalue weighted by molar-refractivity contribution is 0.321. The first-order chi connectivity index (χ1) is 8.78. The van der Waals surface area contributed by atoms with Gasteiger partial charge in [0.2, 0.25) is 0 Å². The highest BCUT2D eigenvalue weighted by Gasteiger charge is 2.22. The normalized spacial score (nSPS) is 14.7. The molecule has 18 heavy (non-hydrogen) atoms. The van der Waals surface area contributed by atoms with Gasteiger partial charge in [-0.1, -0.05) is 40.0 Å². The number of nitrogens with zero attached hydrogens (tertiary/aromatic N) is 2. The highest BCUT2D eigenvalue weighted by atomic mass is 15.3. The first-order valence-electron chi connectivity index (χ1n) is 7.47. The van der Waals surface area contributed by atoms with Crippen molar-refractivity contribution in [3.05, 3.63) is 18.0 Å². The monoisotopic (exact) mass is 251 g/mol. The number of unbranched alkanes of at least 4 members (excludes halogenated alkanes) is 1. The Morgan fingerprint density at radius 3 is 2.61 bits per heavy atom. The lowest BCUT2D eigenvalue weighted by atomic mass is 9.89. The van der Waals surface area contributed by atoms with Gasteiger partial charge < -0.3 is 5.32 Å². The molecule has 0 saturated heterocycles. The van der Waals surface area contributed by atoms with E-state index in [1.807, 2.05) is 6.20 Å². The summed E-state index contributed by atoms with van der Waals surface area (Å²) < 4.78 is 2.16. The van der Waals surface area contributed by atoms with Gasteiger partial charge in [0.1, 0.15) is 0 Å². The first-order valence-corrected chi connectivity index (χ1v) is 7.47. The lowest BCUT2D eigenvalue weighted by Gasteiger charge is -2.26. The highest BCUT2D eigenvalue weighted by molar-refractivity contribution is 5.08. The number of hydrogen-bond acceptors (Lipinski definition) is 2. The molecule has 0 saturated carbocycles. The van der Waals surface area contributed by atoms with Crippen LogP contribution in [-0.2, 0) is 6.54 Å². The van der Waals surface area contributed by atoms with E-state index in [1.165, 1.54) is 31.4 Å². The van der Waals surface area contributed by atoms with Crippen LogP contribution in [0.2, 0.25) is 0 Å². The lowest BCUT2D eigenvalue weighted by Crippen LogP contribution is -2.27. The standard InChI is InChI=1S/C15H29N3/c1-5-8-9-13(7-3)15(16-4)14-10-11-17-18(14)12-6-2/h10-11,13,15-16H,5-9,12H2,1-4H3. The van der Waals surface area contributed by atoms with Gasteiger partial charge in [0, 0.05) is 12.7 Å². The molecule has 1 aromatic rings. The van der Waals surface area contributed by atoms with Crippen molar-refractivity contribution < 1.29 is 0 Å². The van der Waals surface area contributed by atoms with E-state index >= 15 is 0 Å². The van der Waals surface area contributed by atoms with Crippen LogP contribution in [-0.4, -0.2) is 16.8 Å². The van der Waals surface area contributed by atoms with Crippen molar-refractivity contribution in [3.63, 3.8) is 0 Å².